The number of thioether (sulfide) groups is 2. The van der Waals surface area contributed by atoms with Gasteiger partial charge in [-0.15, -0.1) is 10.1 Å². The minimum absolute atomic E-state index is 0.00200. The predicted molar refractivity (Wildman–Crippen MR) is 281 cm³/mol. The molecule has 0 amide bonds. The van der Waals surface area contributed by atoms with Gasteiger partial charge in [-0.25, -0.2) is 27.3 Å². The van der Waals surface area contributed by atoms with Crippen LogP contribution >= 0.6 is 59.4 Å². The number of nitrogens with zero attached hydrogens (tertiary/aromatic N) is 9. The zero-order chi connectivity index (χ0) is 51.2. The molecule has 6 aromatic carbocycles. The molecule has 5 aliphatic heterocycles. The van der Waals surface area contributed by atoms with Gasteiger partial charge >= 0.3 is 5.12 Å². The molecule has 5 aliphatic rings. The number of thiol groups is 1. The summed E-state index contributed by atoms with van der Waals surface area (Å²) in [5.41, 5.74) is -0.613. The maximum atomic E-state index is 16.0. The molecular formula is C53H42Cl2F4N9O3S3+. The normalized spacial score (nSPS) is 28.7. The Hall–Kier alpha value is -5.58. The molecule has 21 heteroatoms. The van der Waals surface area contributed by atoms with Crippen LogP contribution < -0.4 is 5.01 Å². The fraction of sp³-hybridized carbons (Fsp3) is 0.226. The van der Waals surface area contributed by atoms with E-state index in [2.05, 4.69) is 0 Å². The van der Waals surface area contributed by atoms with Crippen molar-refractivity contribution in [2.24, 2.45) is 15.1 Å². The van der Waals surface area contributed by atoms with Crippen LogP contribution in [0.1, 0.15) is 51.7 Å². The van der Waals surface area contributed by atoms with Gasteiger partial charge in [0.15, 0.2) is 23.6 Å². The number of aliphatic imine (C=N–C) groups is 2. The molecular weight excluding hydrogens is 1050 g/mol. The second kappa shape index (κ2) is 18.6. The molecule has 8 unspecified atom stereocenters. The summed E-state index contributed by atoms with van der Waals surface area (Å²) in [4.78, 5) is 15.2. The van der Waals surface area contributed by atoms with Gasteiger partial charge in [-0.3, -0.25) is 0 Å². The number of benzene rings is 6. The Morgan fingerprint density at radius 1 is 0.635 bits per heavy atom. The highest BCUT2D eigenvalue weighted by molar-refractivity contribution is 8.12. The molecule has 376 valence electrons. The van der Waals surface area contributed by atoms with Crippen molar-refractivity contribution in [3.63, 3.8) is 0 Å². The van der Waals surface area contributed by atoms with Crippen molar-refractivity contribution in [2.75, 3.05) is 30.6 Å². The van der Waals surface area contributed by atoms with E-state index >= 15 is 8.78 Å². The second-order valence-corrected chi connectivity index (χ2v) is 21.3. The molecule has 0 spiro atoms. The number of quaternary nitrogens is 1. The van der Waals surface area contributed by atoms with Gasteiger partial charge in [0.05, 0.1) is 13.1 Å². The number of ether oxygens (including phenoxy) is 3. The monoisotopic (exact) mass is 1090 g/mol. The zero-order valence-electron chi connectivity index (χ0n) is 39.1. The summed E-state index contributed by atoms with van der Waals surface area (Å²) in [5.74, 6) is -1.75. The van der Waals surface area contributed by atoms with Gasteiger partial charge in [0.25, 0.3) is 11.1 Å². The van der Waals surface area contributed by atoms with E-state index in [1.165, 1.54) is 72.6 Å². The largest absolute Gasteiger partial charge is 0.354 e. The summed E-state index contributed by atoms with van der Waals surface area (Å²) in [5, 5.41) is 13.8. The third kappa shape index (κ3) is 7.92. The van der Waals surface area contributed by atoms with E-state index in [9.17, 15) is 8.78 Å². The van der Waals surface area contributed by atoms with Crippen molar-refractivity contribution in [3.8, 4) is 0 Å². The van der Waals surface area contributed by atoms with E-state index in [1.807, 2.05) is 48.9 Å². The van der Waals surface area contributed by atoms with Gasteiger partial charge in [0.1, 0.15) is 59.1 Å². The van der Waals surface area contributed by atoms with Gasteiger partial charge in [0.2, 0.25) is 0 Å². The van der Waals surface area contributed by atoms with Gasteiger partial charge in [-0.1, -0.05) is 154 Å². The molecule has 3 fully saturated rings. The van der Waals surface area contributed by atoms with E-state index in [1.54, 1.807) is 87.5 Å². The van der Waals surface area contributed by atoms with Crippen molar-refractivity contribution in [2.45, 2.75) is 51.9 Å². The van der Waals surface area contributed by atoms with E-state index in [0.29, 0.717) is 42.6 Å². The number of epoxide rings is 3. The molecule has 6 heterocycles. The lowest BCUT2D eigenvalue weighted by atomic mass is 9.90. The molecule has 0 radical (unpaired) electrons. The molecule has 7 aromatic rings. The highest BCUT2D eigenvalue weighted by Crippen LogP contribution is 2.65. The molecule has 1 aromatic heterocycles. The molecule has 0 saturated carbocycles. The average molecular weight is 1100 g/mol. The third-order valence-corrected chi connectivity index (χ3v) is 17.0. The van der Waals surface area contributed by atoms with Crippen molar-refractivity contribution >= 4 is 83.1 Å². The van der Waals surface area contributed by atoms with E-state index in [-0.39, 0.29) is 31.1 Å². The van der Waals surface area contributed by atoms with E-state index in [4.69, 9.17) is 75.2 Å². The quantitative estimate of drug-likeness (QED) is 0.0353. The SMILES string of the molecule is CSC1=NC=N[N+]1(CC1(c2ccccc2Cl)OC1c1ccccc1Cl)C1(S)N=CN(c2nc(SC)n(CC3(c4ccc(F)cc4)OC3c3ccccc3F)n2)N1CC1(c2ccc(F)cc2)OC1c1ccccc1F. The number of hydrazine groups is 1. The standard InChI is InChI=1S/C53H41Cl2F4N9O3S3/c1-73-48-63-47(64-65(48)27-50(32-19-23-34(56)24-20-32)45(69-50)37-12-4-9-17-42(37)58)66-31-61-53(72,67(66)28-51(33-21-25-35(57)26-22-33)46(70-51)38-13-5-10-18-43(38)59)68(49(74-2)60-30-62-68)29-52(39-14-6-8-16-41(39)55)44(71-52)36-11-3-7-15-40(36)54/h3-26,30-31,44-46H,27-29H2,1-2H3/p+1. The minimum Gasteiger partial charge on any atom is -0.354 e. The summed E-state index contributed by atoms with van der Waals surface area (Å²) in [7, 11) is 0. The summed E-state index contributed by atoms with van der Waals surface area (Å²) in [6.07, 6.45) is 4.45. The van der Waals surface area contributed by atoms with Crippen molar-refractivity contribution in [3.05, 3.63) is 212 Å². The highest BCUT2D eigenvalue weighted by Gasteiger charge is 2.74. The van der Waals surface area contributed by atoms with Crippen molar-refractivity contribution in [1.82, 2.24) is 19.8 Å². The van der Waals surface area contributed by atoms with Crippen molar-refractivity contribution < 1.29 is 36.4 Å². The number of hydrogen-bond donors (Lipinski definition) is 1. The Balaban J connectivity index is 1.01. The van der Waals surface area contributed by atoms with Gasteiger partial charge in [-0.05, 0) is 83.9 Å². The maximum Gasteiger partial charge on any atom is 0.350 e. The highest BCUT2D eigenvalue weighted by atomic mass is 35.5. The molecule has 12 rings (SSSR count). The molecule has 12 nitrogen and oxygen atoms in total. The van der Waals surface area contributed by atoms with Gasteiger partial charge in [0, 0.05) is 32.3 Å². The lowest BCUT2D eigenvalue weighted by molar-refractivity contribution is -0.894. The number of amidine groups is 1. The fourth-order valence-corrected chi connectivity index (χ4v) is 12.7. The Morgan fingerprint density at radius 2 is 1.16 bits per heavy atom. The Bertz CT molecular complexity index is 3440. The summed E-state index contributed by atoms with van der Waals surface area (Å²) < 4.78 is 82.1. The lowest BCUT2D eigenvalue weighted by Gasteiger charge is -2.45. The Morgan fingerprint density at radius 3 is 1.73 bits per heavy atom. The first-order valence-corrected chi connectivity index (χ1v) is 26.9. The molecule has 3 saturated heterocycles. The van der Waals surface area contributed by atoms with Crippen LogP contribution in [0.4, 0.5) is 23.5 Å². The summed E-state index contributed by atoms with van der Waals surface area (Å²) >= 11 is 22.3. The number of halogens is 6. The summed E-state index contributed by atoms with van der Waals surface area (Å²) in [6, 6.07) is 39.3. The molecule has 0 aliphatic carbocycles. The number of rotatable bonds is 15. The Labute approximate surface area is 446 Å². The molecule has 8 atom stereocenters. The van der Waals surface area contributed by atoms with Gasteiger partial charge in [-0.2, -0.15) is 15.0 Å². The fourth-order valence-electron chi connectivity index (χ4n) is 10.5. The van der Waals surface area contributed by atoms with E-state index in [0.717, 1.165) is 5.56 Å². The van der Waals surface area contributed by atoms with Crippen molar-refractivity contribution in [1.29, 1.82) is 0 Å². The van der Waals surface area contributed by atoms with Crippen LogP contribution in [0.5, 0.6) is 0 Å². The predicted octanol–water partition coefficient (Wildman–Crippen LogP) is 12.0. The van der Waals surface area contributed by atoms with Crippen LogP contribution in [0.3, 0.4) is 0 Å². The van der Waals surface area contributed by atoms with Crippen LogP contribution in [0.2, 0.25) is 10.0 Å². The smallest absolute Gasteiger partial charge is 0.350 e. The second-order valence-electron chi connectivity index (χ2n) is 18.3. The minimum atomic E-state index is -1.82. The zero-order valence-corrected chi connectivity index (χ0v) is 43.2. The van der Waals surface area contributed by atoms with Gasteiger partial charge < -0.3 is 14.2 Å². The lowest BCUT2D eigenvalue weighted by Crippen LogP contribution is -2.70. The molecule has 0 bridgehead atoms. The number of anilines is 1. The number of hydrogen-bond acceptors (Lipinski definition) is 13. The third-order valence-electron chi connectivity index (χ3n) is 14.2. The first-order chi connectivity index (χ1) is 35.8. The van der Waals surface area contributed by atoms with Crippen LogP contribution in [-0.2, 0) is 37.6 Å². The maximum absolute atomic E-state index is 16.0. The molecule has 74 heavy (non-hydrogen) atoms. The van der Waals surface area contributed by atoms with E-state index < -0.39 is 68.1 Å². The van der Waals surface area contributed by atoms with Crippen LogP contribution in [-0.4, -0.2) is 72.9 Å². The van der Waals surface area contributed by atoms with Crippen LogP contribution in [0, 0.1) is 23.3 Å². The first-order valence-electron chi connectivity index (χ1n) is 23.2. The number of aromatic nitrogens is 3. The first kappa shape index (κ1) is 49.3. The average Bonchev–Trinajstić information content (AvgIpc) is 4.33. The van der Waals surface area contributed by atoms with Crippen LogP contribution in [0.15, 0.2) is 166 Å². The molecule has 0 N–H and O–H groups in total. The Kier molecular flexibility index (Phi) is 12.4. The van der Waals surface area contributed by atoms with Crippen LogP contribution in [0.25, 0.3) is 0 Å². The topological polar surface area (TPSA) is 112 Å². The summed E-state index contributed by atoms with van der Waals surface area (Å²) in [6.45, 7) is -0.0974.